The number of nitrogens with one attached hydrogen (secondary N) is 2. The van der Waals surface area contributed by atoms with Crippen LogP contribution in [0.25, 0.3) is 0 Å². The Kier molecular flexibility index (Phi) is 5.18. The lowest BCUT2D eigenvalue weighted by Crippen LogP contribution is -2.33. The molecule has 4 heteroatoms. The van der Waals surface area contributed by atoms with E-state index in [0.29, 0.717) is 5.11 Å². The van der Waals surface area contributed by atoms with E-state index in [-0.39, 0.29) is 6.04 Å². The first-order chi connectivity index (χ1) is 11.7. The summed E-state index contributed by atoms with van der Waals surface area (Å²) in [5.41, 5.74) is 4.43. The molecule has 0 bridgehead atoms. The zero-order valence-electron chi connectivity index (χ0n) is 13.4. The first kappa shape index (κ1) is 16.1. The van der Waals surface area contributed by atoms with Gasteiger partial charge in [0.25, 0.3) is 0 Å². The van der Waals surface area contributed by atoms with Gasteiger partial charge in [-0.1, -0.05) is 60.2 Å². The molecule has 1 atom stereocenters. The van der Waals surface area contributed by atoms with Crippen molar-refractivity contribution >= 4 is 23.0 Å². The largest absolute Gasteiger partial charge is 0.352 e. The Morgan fingerprint density at radius 2 is 1.75 bits per heavy atom. The third-order valence-corrected chi connectivity index (χ3v) is 3.92. The van der Waals surface area contributed by atoms with Gasteiger partial charge in [-0.05, 0) is 42.4 Å². The number of hydrogen-bond acceptors (Lipinski definition) is 2. The lowest BCUT2D eigenvalue weighted by molar-refractivity contribution is 0.767. The fraction of sp³-hybridized carbons (Fsp3) is 0.100. The van der Waals surface area contributed by atoms with Gasteiger partial charge in [0, 0.05) is 6.20 Å². The molecule has 0 fully saturated rings. The fourth-order valence-electron chi connectivity index (χ4n) is 2.59. The summed E-state index contributed by atoms with van der Waals surface area (Å²) in [6.45, 7) is 2.10. The van der Waals surface area contributed by atoms with Crippen molar-refractivity contribution in [2.75, 3.05) is 5.32 Å². The van der Waals surface area contributed by atoms with E-state index in [9.17, 15) is 0 Å². The van der Waals surface area contributed by atoms with Gasteiger partial charge >= 0.3 is 0 Å². The van der Waals surface area contributed by atoms with Gasteiger partial charge in [0.1, 0.15) is 0 Å². The van der Waals surface area contributed by atoms with Crippen LogP contribution in [0.4, 0.5) is 5.69 Å². The van der Waals surface area contributed by atoms with Crippen LogP contribution in [0, 0.1) is 6.92 Å². The van der Waals surface area contributed by atoms with Gasteiger partial charge in [0.15, 0.2) is 5.11 Å². The quantitative estimate of drug-likeness (QED) is 0.691. The van der Waals surface area contributed by atoms with Crippen molar-refractivity contribution in [2.45, 2.75) is 13.0 Å². The van der Waals surface area contributed by atoms with Crippen molar-refractivity contribution < 1.29 is 0 Å². The smallest absolute Gasteiger partial charge is 0.171 e. The molecule has 1 aromatic heterocycles. The molecule has 120 valence electrons. The molecule has 0 radical (unpaired) electrons. The zero-order valence-corrected chi connectivity index (χ0v) is 14.3. The number of aryl methyl sites for hydroxylation is 1. The summed E-state index contributed by atoms with van der Waals surface area (Å²) in [6, 6.07) is 22.6. The molecule has 0 saturated carbocycles. The maximum absolute atomic E-state index is 5.50. The first-order valence-corrected chi connectivity index (χ1v) is 8.22. The highest BCUT2D eigenvalue weighted by atomic mass is 32.1. The van der Waals surface area contributed by atoms with Crippen LogP contribution >= 0.6 is 12.2 Å². The number of aromatic nitrogens is 1. The van der Waals surface area contributed by atoms with E-state index in [1.54, 1.807) is 12.4 Å². The van der Waals surface area contributed by atoms with Crippen LogP contribution in [0.5, 0.6) is 0 Å². The van der Waals surface area contributed by atoms with Crippen molar-refractivity contribution in [2.24, 2.45) is 0 Å². The predicted molar refractivity (Wildman–Crippen MR) is 103 cm³/mol. The maximum Gasteiger partial charge on any atom is 0.171 e. The molecule has 0 spiro atoms. The van der Waals surface area contributed by atoms with Crippen molar-refractivity contribution in [1.29, 1.82) is 0 Å². The summed E-state index contributed by atoms with van der Waals surface area (Å²) >= 11 is 5.50. The number of anilines is 1. The lowest BCUT2D eigenvalue weighted by atomic mass is 9.97. The summed E-state index contributed by atoms with van der Waals surface area (Å²) in [7, 11) is 0. The second-order valence-electron chi connectivity index (χ2n) is 5.60. The van der Waals surface area contributed by atoms with Crippen LogP contribution in [-0.2, 0) is 0 Å². The van der Waals surface area contributed by atoms with Gasteiger partial charge < -0.3 is 10.6 Å². The molecule has 0 unspecified atom stereocenters. The minimum absolute atomic E-state index is 0.0113. The van der Waals surface area contributed by atoms with Crippen molar-refractivity contribution in [3.8, 4) is 0 Å². The Morgan fingerprint density at radius 1 is 0.958 bits per heavy atom. The maximum atomic E-state index is 5.50. The Balaban J connectivity index is 1.84. The van der Waals surface area contributed by atoms with Crippen LogP contribution < -0.4 is 10.6 Å². The predicted octanol–water partition coefficient (Wildman–Crippen LogP) is 4.47. The molecule has 3 rings (SSSR count). The molecule has 0 amide bonds. The number of hydrogen-bond donors (Lipinski definition) is 2. The third-order valence-electron chi connectivity index (χ3n) is 3.70. The Morgan fingerprint density at radius 3 is 2.46 bits per heavy atom. The highest BCUT2D eigenvalue weighted by Gasteiger charge is 2.15. The summed E-state index contributed by atoms with van der Waals surface area (Å²) < 4.78 is 0. The summed E-state index contributed by atoms with van der Waals surface area (Å²) in [4.78, 5) is 4.09. The second kappa shape index (κ2) is 7.70. The van der Waals surface area contributed by atoms with Crippen LogP contribution in [0.15, 0.2) is 79.1 Å². The summed E-state index contributed by atoms with van der Waals surface area (Å²) in [6.07, 6.45) is 3.49. The number of rotatable bonds is 4. The topological polar surface area (TPSA) is 37.0 Å². The van der Waals surface area contributed by atoms with Crippen LogP contribution in [0.2, 0.25) is 0 Å². The van der Waals surface area contributed by atoms with Crippen molar-refractivity contribution in [3.63, 3.8) is 0 Å². The van der Waals surface area contributed by atoms with E-state index in [2.05, 4.69) is 58.9 Å². The first-order valence-electron chi connectivity index (χ1n) is 7.81. The highest BCUT2D eigenvalue weighted by molar-refractivity contribution is 7.80. The highest BCUT2D eigenvalue weighted by Crippen LogP contribution is 2.23. The zero-order chi connectivity index (χ0) is 16.8. The van der Waals surface area contributed by atoms with E-state index in [1.807, 2.05) is 30.3 Å². The van der Waals surface area contributed by atoms with E-state index >= 15 is 0 Å². The Hall–Kier alpha value is -2.72. The van der Waals surface area contributed by atoms with E-state index in [1.165, 1.54) is 16.7 Å². The molecular weight excluding hydrogens is 314 g/mol. The van der Waals surface area contributed by atoms with Gasteiger partial charge in [0.2, 0.25) is 0 Å². The second-order valence-corrected chi connectivity index (χ2v) is 6.01. The Labute approximate surface area is 147 Å². The molecular formula is C20H19N3S. The molecule has 0 aliphatic rings. The van der Waals surface area contributed by atoms with Gasteiger partial charge in [-0.15, -0.1) is 0 Å². The monoisotopic (exact) mass is 333 g/mol. The summed E-state index contributed by atoms with van der Waals surface area (Å²) in [5.74, 6) is 0. The van der Waals surface area contributed by atoms with Gasteiger partial charge in [-0.25, -0.2) is 0 Å². The molecule has 2 N–H and O–H groups in total. The molecule has 3 aromatic rings. The van der Waals surface area contributed by atoms with Gasteiger partial charge in [0.05, 0.1) is 17.9 Å². The van der Waals surface area contributed by atoms with Crippen LogP contribution in [-0.4, -0.2) is 10.1 Å². The van der Waals surface area contributed by atoms with Gasteiger partial charge in [-0.3, -0.25) is 4.98 Å². The van der Waals surface area contributed by atoms with Gasteiger partial charge in [-0.2, -0.15) is 0 Å². The molecule has 0 aliphatic heterocycles. The average Bonchev–Trinajstić information content (AvgIpc) is 2.61. The molecule has 0 saturated heterocycles. The Bertz CT molecular complexity index is 803. The molecule has 2 aromatic carbocycles. The number of nitrogens with zero attached hydrogens (tertiary/aromatic N) is 1. The average molecular weight is 333 g/mol. The third kappa shape index (κ3) is 4.18. The van der Waals surface area contributed by atoms with E-state index < -0.39 is 0 Å². The molecule has 0 aliphatic carbocycles. The van der Waals surface area contributed by atoms with Crippen LogP contribution in [0.1, 0.15) is 22.7 Å². The SMILES string of the molecule is Cc1cccc([C@@H](NC(=S)Nc2cccnc2)c2ccccc2)c1. The standard InChI is InChI=1S/C20H19N3S/c1-15-7-5-10-17(13-15)19(16-8-3-2-4-9-16)23-20(24)22-18-11-6-12-21-14-18/h2-14,19H,1H3,(H2,22,23,24)/t19-/m0/s1. The van der Waals surface area contributed by atoms with Crippen LogP contribution in [0.3, 0.4) is 0 Å². The van der Waals surface area contributed by atoms with E-state index in [0.717, 1.165) is 5.69 Å². The number of thiocarbonyl (C=S) groups is 1. The minimum Gasteiger partial charge on any atom is -0.352 e. The molecule has 24 heavy (non-hydrogen) atoms. The fourth-order valence-corrected chi connectivity index (χ4v) is 2.82. The normalized spacial score (nSPS) is 11.5. The van der Waals surface area contributed by atoms with E-state index in [4.69, 9.17) is 12.2 Å². The lowest BCUT2D eigenvalue weighted by Gasteiger charge is -2.22. The van der Waals surface area contributed by atoms with Crippen molar-refractivity contribution in [3.05, 3.63) is 95.8 Å². The number of benzene rings is 2. The molecule has 3 nitrogen and oxygen atoms in total. The van der Waals surface area contributed by atoms with Crippen molar-refractivity contribution in [1.82, 2.24) is 10.3 Å². The molecule has 1 heterocycles. The minimum atomic E-state index is -0.0113. The summed E-state index contributed by atoms with van der Waals surface area (Å²) in [5, 5.41) is 7.17. The number of pyridine rings is 1.